The van der Waals surface area contributed by atoms with Gasteiger partial charge in [0.1, 0.15) is 0 Å². The van der Waals surface area contributed by atoms with Crippen molar-refractivity contribution in [1.29, 1.82) is 0 Å². The first-order valence-corrected chi connectivity index (χ1v) is 5.60. The molecular formula is C11H21N2O4-. The number of rotatable bonds is 8. The van der Waals surface area contributed by atoms with E-state index in [1.165, 1.54) is 4.90 Å². The second-order valence-electron chi connectivity index (χ2n) is 5.01. The van der Waals surface area contributed by atoms with E-state index in [1.54, 1.807) is 0 Å². The molecule has 0 aliphatic heterocycles. The van der Waals surface area contributed by atoms with Crippen LogP contribution in [0.1, 0.15) is 27.2 Å². The maximum Gasteiger partial charge on any atom is 0.317 e. The van der Waals surface area contributed by atoms with E-state index in [1.807, 2.05) is 20.8 Å². The van der Waals surface area contributed by atoms with Crippen LogP contribution in [0.25, 0.3) is 0 Å². The van der Waals surface area contributed by atoms with Crippen LogP contribution in [-0.2, 0) is 9.59 Å². The van der Waals surface area contributed by atoms with Crippen molar-refractivity contribution in [3.05, 3.63) is 0 Å². The molecule has 0 aromatic heterocycles. The molecule has 0 atom stereocenters. The Morgan fingerprint density at radius 1 is 1.29 bits per heavy atom. The monoisotopic (exact) mass is 245 g/mol. The van der Waals surface area contributed by atoms with Gasteiger partial charge in [-0.2, -0.15) is 0 Å². The highest BCUT2D eigenvalue weighted by atomic mass is 16.4. The van der Waals surface area contributed by atoms with Crippen LogP contribution in [0, 0.1) is 0 Å². The van der Waals surface area contributed by atoms with Crippen molar-refractivity contribution < 1.29 is 19.8 Å². The summed E-state index contributed by atoms with van der Waals surface area (Å²) in [6, 6.07) is 0. The van der Waals surface area contributed by atoms with Crippen LogP contribution in [0.4, 0.5) is 0 Å². The van der Waals surface area contributed by atoms with Gasteiger partial charge in [0.05, 0.1) is 12.5 Å². The van der Waals surface area contributed by atoms with E-state index in [9.17, 15) is 14.7 Å². The molecule has 0 saturated carbocycles. The number of hydrogen-bond donors (Lipinski definition) is 2. The summed E-state index contributed by atoms with van der Waals surface area (Å²) in [5, 5.41) is 22.3. The maximum atomic E-state index is 10.5. The van der Waals surface area contributed by atoms with Crippen molar-refractivity contribution in [2.45, 2.75) is 32.7 Å². The summed E-state index contributed by atoms with van der Waals surface area (Å²) >= 11 is 0. The molecule has 0 rings (SSSR count). The number of hydrogen-bond acceptors (Lipinski definition) is 5. The highest BCUT2D eigenvalue weighted by Crippen LogP contribution is 1.98. The lowest BCUT2D eigenvalue weighted by atomic mass is 10.1. The summed E-state index contributed by atoms with van der Waals surface area (Å²) in [6.07, 6.45) is 0.692. The SMILES string of the molecule is CC(C)(C)NCCCN(CC(=O)[O-])CC(=O)O. The largest absolute Gasteiger partial charge is 0.549 e. The third-order valence-corrected chi connectivity index (χ3v) is 2.02. The minimum Gasteiger partial charge on any atom is -0.549 e. The van der Waals surface area contributed by atoms with Gasteiger partial charge in [-0.15, -0.1) is 0 Å². The number of nitrogens with zero attached hydrogens (tertiary/aromatic N) is 1. The van der Waals surface area contributed by atoms with Gasteiger partial charge in [-0.3, -0.25) is 9.69 Å². The summed E-state index contributed by atoms with van der Waals surface area (Å²) < 4.78 is 0. The zero-order valence-corrected chi connectivity index (χ0v) is 10.7. The van der Waals surface area contributed by atoms with Crippen LogP contribution in [-0.4, -0.2) is 53.7 Å². The summed E-state index contributed by atoms with van der Waals surface area (Å²) in [5.74, 6) is -2.29. The van der Waals surface area contributed by atoms with E-state index in [0.717, 1.165) is 0 Å². The van der Waals surface area contributed by atoms with Crippen molar-refractivity contribution in [3.63, 3.8) is 0 Å². The molecule has 0 aromatic rings. The number of carbonyl (C=O) groups excluding carboxylic acids is 1. The van der Waals surface area contributed by atoms with Gasteiger partial charge < -0.3 is 20.3 Å². The number of aliphatic carboxylic acids is 2. The van der Waals surface area contributed by atoms with E-state index < -0.39 is 11.9 Å². The summed E-state index contributed by atoms with van der Waals surface area (Å²) in [4.78, 5) is 22.3. The van der Waals surface area contributed by atoms with Crippen molar-refractivity contribution >= 4 is 11.9 Å². The Morgan fingerprint density at radius 2 is 1.88 bits per heavy atom. The lowest BCUT2D eigenvalue weighted by Gasteiger charge is -2.23. The average Bonchev–Trinajstić information content (AvgIpc) is 2.08. The molecule has 0 aliphatic carbocycles. The zero-order chi connectivity index (χ0) is 13.5. The Hall–Kier alpha value is -1.14. The fourth-order valence-electron chi connectivity index (χ4n) is 1.35. The lowest BCUT2D eigenvalue weighted by Crippen LogP contribution is -2.42. The maximum absolute atomic E-state index is 10.5. The molecule has 0 bridgehead atoms. The molecule has 100 valence electrons. The molecule has 0 heterocycles. The smallest absolute Gasteiger partial charge is 0.317 e. The molecule has 0 unspecified atom stereocenters. The summed E-state index contributed by atoms with van der Waals surface area (Å²) in [6.45, 7) is 6.61. The number of carboxylic acid groups (broad SMARTS) is 2. The van der Waals surface area contributed by atoms with Crippen molar-refractivity contribution in [2.24, 2.45) is 0 Å². The third-order valence-electron chi connectivity index (χ3n) is 2.02. The molecule has 0 fully saturated rings. The third kappa shape index (κ3) is 11.1. The summed E-state index contributed by atoms with van der Waals surface area (Å²) in [7, 11) is 0. The Morgan fingerprint density at radius 3 is 2.29 bits per heavy atom. The first-order chi connectivity index (χ1) is 7.70. The van der Waals surface area contributed by atoms with E-state index in [4.69, 9.17) is 5.11 Å². The molecule has 6 heteroatoms. The van der Waals surface area contributed by atoms with Crippen LogP contribution in [0.3, 0.4) is 0 Å². The van der Waals surface area contributed by atoms with Gasteiger partial charge in [-0.05, 0) is 33.7 Å². The molecular weight excluding hydrogens is 224 g/mol. The second-order valence-corrected chi connectivity index (χ2v) is 5.01. The Labute approximate surface area is 102 Å². The van der Waals surface area contributed by atoms with Crippen molar-refractivity contribution in [1.82, 2.24) is 10.2 Å². The Balaban J connectivity index is 3.91. The minimum absolute atomic E-state index is 0.00593. The van der Waals surface area contributed by atoms with Gasteiger partial charge >= 0.3 is 5.97 Å². The number of nitrogens with one attached hydrogen (secondary N) is 1. The Bertz CT molecular complexity index is 245. The molecule has 0 amide bonds. The van der Waals surface area contributed by atoms with Gasteiger partial charge in [0.15, 0.2) is 0 Å². The molecule has 0 spiro atoms. The van der Waals surface area contributed by atoms with Crippen LogP contribution in [0.5, 0.6) is 0 Å². The van der Waals surface area contributed by atoms with E-state index >= 15 is 0 Å². The highest BCUT2D eigenvalue weighted by Gasteiger charge is 2.11. The Kier molecular flexibility index (Phi) is 6.75. The van der Waals surface area contributed by atoms with Gasteiger partial charge in [0, 0.05) is 18.6 Å². The second kappa shape index (κ2) is 7.24. The highest BCUT2D eigenvalue weighted by molar-refractivity contribution is 5.71. The van der Waals surface area contributed by atoms with Crippen LogP contribution < -0.4 is 10.4 Å². The molecule has 0 saturated heterocycles. The fraction of sp³-hybridized carbons (Fsp3) is 0.818. The first-order valence-electron chi connectivity index (χ1n) is 5.60. The normalized spacial score (nSPS) is 11.8. The van der Waals surface area contributed by atoms with E-state index in [2.05, 4.69) is 5.32 Å². The molecule has 0 aliphatic rings. The standard InChI is InChI=1S/C11H22N2O4/c1-11(2,3)12-5-4-6-13(7-9(14)15)8-10(16)17/h12H,4-8H2,1-3H3,(H,14,15)(H,16,17)/p-1. The predicted octanol–water partition coefficient (Wildman–Crippen LogP) is -1.10. The van der Waals surface area contributed by atoms with Gasteiger partial charge in [-0.1, -0.05) is 0 Å². The molecule has 6 nitrogen and oxygen atoms in total. The van der Waals surface area contributed by atoms with Gasteiger partial charge in [0.2, 0.25) is 0 Å². The molecule has 2 N–H and O–H groups in total. The topological polar surface area (TPSA) is 92.7 Å². The predicted molar refractivity (Wildman–Crippen MR) is 61.5 cm³/mol. The zero-order valence-electron chi connectivity index (χ0n) is 10.7. The molecule has 0 radical (unpaired) electrons. The van der Waals surface area contributed by atoms with Crippen molar-refractivity contribution in [3.8, 4) is 0 Å². The van der Waals surface area contributed by atoms with Crippen LogP contribution >= 0.6 is 0 Å². The minimum atomic E-state index is -1.25. The van der Waals surface area contributed by atoms with Crippen molar-refractivity contribution in [2.75, 3.05) is 26.2 Å². The summed E-state index contributed by atoms with van der Waals surface area (Å²) in [5.41, 5.74) is 0.00593. The van der Waals surface area contributed by atoms with E-state index in [0.29, 0.717) is 19.5 Å². The molecule has 17 heavy (non-hydrogen) atoms. The van der Waals surface area contributed by atoms with Gasteiger partial charge in [-0.25, -0.2) is 0 Å². The number of carboxylic acids is 2. The molecule has 0 aromatic carbocycles. The van der Waals surface area contributed by atoms with Gasteiger partial charge in [0.25, 0.3) is 0 Å². The lowest BCUT2D eigenvalue weighted by molar-refractivity contribution is -0.306. The fourth-order valence-corrected chi connectivity index (χ4v) is 1.35. The first kappa shape index (κ1) is 15.9. The van der Waals surface area contributed by atoms with Crippen LogP contribution in [0.2, 0.25) is 0 Å². The van der Waals surface area contributed by atoms with Crippen LogP contribution in [0.15, 0.2) is 0 Å². The van der Waals surface area contributed by atoms with E-state index in [-0.39, 0.29) is 18.6 Å². The number of carbonyl (C=O) groups is 2. The quantitative estimate of drug-likeness (QED) is 0.527. The average molecular weight is 245 g/mol.